The maximum absolute atomic E-state index is 12.2. The zero-order valence-electron chi connectivity index (χ0n) is 14.6. The van der Waals surface area contributed by atoms with Crippen molar-refractivity contribution in [2.75, 3.05) is 32.7 Å². The normalized spacial score (nSPS) is 18.2. The molecule has 1 unspecified atom stereocenters. The summed E-state index contributed by atoms with van der Waals surface area (Å²) in [7, 11) is 0. The van der Waals surface area contributed by atoms with Crippen LogP contribution < -0.4 is 0 Å². The molecule has 1 atom stereocenters. The first-order valence-corrected chi connectivity index (χ1v) is 8.52. The smallest absolute Gasteiger partial charge is 0.222 e. The molecule has 0 saturated carbocycles. The number of hydrogen-bond donors (Lipinski definition) is 1. The first-order chi connectivity index (χ1) is 10.9. The predicted octanol–water partition coefficient (Wildman–Crippen LogP) is 1.21. The Balaban J connectivity index is 1.66. The van der Waals surface area contributed by atoms with Crippen LogP contribution in [0, 0.1) is 5.41 Å². The lowest BCUT2D eigenvalue weighted by molar-refractivity contribution is -0.133. The van der Waals surface area contributed by atoms with E-state index in [1.54, 1.807) is 6.20 Å². The fourth-order valence-electron chi connectivity index (χ4n) is 2.68. The number of rotatable bonds is 6. The van der Waals surface area contributed by atoms with Gasteiger partial charge in [0.1, 0.15) is 0 Å². The maximum Gasteiger partial charge on any atom is 0.222 e. The largest absolute Gasteiger partial charge is 0.391 e. The molecule has 1 aromatic heterocycles. The van der Waals surface area contributed by atoms with Gasteiger partial charge in [-0.15, -0.1) is 0 Å². The minimum atomic E-state index is -0.334. The summed E-state index contributed by atoms with van der Waals surface area (Å²) < 4.78 is 1.86. The van der Waals surface area contributed by atoms with Gasteiger partial charge in [0.2, 0.25) is 5.91 Å². The molecule has 2 heterocycles. The van der Waals surface area contributed by atoms with E-state index in [0.717, 1.165) is 39.1 Å². The van der Waals surface area contributed by atoms with Crippen LogP contribution in [0.25, 0.3) is 0 Å². The number of aryl methyl sites for hydroxylation is 1. The van der Waals surface area contributed by atoms with Crippen LogP contribution in [-0.4, -0.2) is 69.4 Å². The van der Waals surface area contributed by atoms with Crippen molar-refractivity contribution in [3.05, 3.63) is 18.5 Å². The summed E-state index contributed by atoms with van der Waals surface area (Å²) >= 11 is 0. The highest BCUT2D eigenvalue weighted by Gasteiger charge is 2.27. The van der Waals surface area contributed by atoms with Crippen LogP contribution in [0.5, 0.6) is 0 Å². The van der Waals surface area contributed by atoms with E-state index in [1.165, 1.54) is 0 Å². The molecule has 0 aromatic carbocycles. The number of aromatic nitrogens is 2. The van der Waals surface area contributed by atoms with E-state index in [0.29, 0.717) is 13.0 Å². The van der Waals surface area contributed by atoms with Crippen LogP contribution in [0.2, 0.25) is 0 Å². The minimum absolute atomic E-state index is 0.0978. The second-order valence-electron chi connectivity index (χ2n) is 7.44. The fourth-order valence-corrected chi connectivity index (χ4v) is 2.68. The first-order valence-electron chi connectivity index (χ1n) is 8.52. The van der Waals surface area contributed by atoms with Crippen LogP contribution in [-0.2, 0) is 11.3 Å². The highest BCUT2D eigenvalue weighted by molar-refractivity contribution is 5.76. The quantitative estimate of drug-likeness (QED) is 0.855. The van der Waals surface area contributed by atoms with Gasteiger partial charge in [0.25, 0.3) is 0 Å². The Morgan fingerprint density at radius 3 is 2.52 bits per heavy atom. The number of carbonyl (C=O) groups excluding carboxylic acids is 1. The monoisotopic (exact) mass is 322 g/mol. The van der Waals surface area contributed by atoms with E-state index in [1.807, 2.05) is 21.8 Å². The van der Waals surface area contributed by atoms with Crippen LogP contribution in [0.15, 0.2) is 18.5 Å². The average molecular weight is 322 g/mol. The van der Waals surface area contributed by atoms with Crippen LogP contribution >= 0.6 is 0 Å². The summed E-state index contributed by atoms with van der Waals surface area (Å²) in [5.74, 6) is 0.230. The molecule has 0 radical (unpaired) electrons. The first kappa shape index (κ1) is 17.9. The van der Waals surface area contributed by atoms with E-state index in [9.17, 15) is 9.90 Å². The van der Waals surface area contributed by atoms with E-state index in [4.69, 9.17) is 0 Å². The number of hydrogen-bond acceptors (Lipinski definition) is 4. The zero-order chi connectivity index (χ0) is 16.9. The number of nitrogens with zero attached hydrogens (tertiary/aromatic N) is 4. The Labute approximate surface area is 139 Å². The Bertz CT molecular complexity index is 473. The van der Waals surface area contributed by atoms with Crippen LogP contribution in [0.4, 0.5) is 0 Å². The molecule has 1 N–H and O–H groups in total. The van der Waals surface area contributed by atoms with Gasteiger partial charge in [0.05, 0.1) is 6.10 Å². The van der Waals surface area contributed by atoms with Gasteiger partial charge >= 0.3 is 0 Å². The minimum Gasteiger partial charge on any atom is -0.391 e. The molecule has 1 aromatic rings. The molecule has 1 aliphatic rings. The lowest BCUT2D eigenvalue weighted by Gasteiger charge is -2.38. The van der Waals surface area contributed by atoms with Gasteiger partial charge < -0.3 is 10.0 Å². The third-order valence-electron chi connectivity index (χ3n) is 4.49. The molecule has 1 fully saturated rings. The van der Waals surface area contributed by atoms with E-state index in [-0.39, 0.29) is 17.4 Å². The summed E-state index contributed by atoms with van der Waals surface area (Å²) in [6.07, 6.45) is 4.74. The molecule has 1 amide bonds. The van der Waals surface area contributed by atoms with Crippen molar-refractivity contribution in [3.63, 3.8) is 0 Å². The van der Waals surface area contributed by atoms with Gasteiger partial charge in [-0.1, -0.05) is 20.8 Å². The molecule has 6 nitrogen and oxygen atoms in total. The summed E-state index contributed by atoms with van der Waals surface area (Å²) in [5.41, 5.74) is -0.0978. The van der Waals surface area contributed by atoms with Gasteiger partial charge in [0.15, 0.2) is 0 Å². The summed E-state index contributed by atoms with van der Waals surface area (Å²) in [4.78, 5) is 16.4. The van der Waals surface area contributed by atoms with Crippen molar-refractivity contribution < 1.29 is 9.90 Å². The molecule has 1 saturated heterocycles. The summed E-state index contributed by atoms with van der Waals surface area (Å²) in [6.45, 7) is 10.8. The van der Waals surface area contributed by atoms with Gasteiger partial charge in [-0.05, 0) is 17.9 Å². The molecule has 130 valence electrons. The third kappa shape index (κ3) is 5.62. The molecule has 23 heavy (non-hydrogen) atoms. The van der Waals surface area contributed by atoms with E-state index in [2.05, 4.69) is 30.8 Å². The SMILES string of the molecule is CC(C)(C)C(O)CN1CCN(C(=O)CCCn2cccn2)CC1. The summed E-state index contributed by atoms with van der Waals surface area (Å²) in [6, 6.07) is 1.90. The fraction of sp³-hybridized carbons (Fsp3) is 0.765. The highest BCUT2D eigenvalue weighted by atomic mass is 16.3. The predicted molar refractivity (Wildman–Crippen MR) is 89.9 cm³/mol. The second-order valence-corrected chi connectivity index (χ2v) is 7.44. The van der Waals surface area contributed by atoms with Crippen molar-refractivity contribution in [2.45, 2.75) is 46.3 Å². The van der Waals surface area contributed by atoms with Crippen molar-refractivity contribution in [1.29, 1.82) is 0 Å². The van der Waals surface area contributed by atoms with E-state index < -0.39 is 0 Å². The van der Waals surface area contributed by atoms with Crippen molar-refractivity contribution in [2.24, 2.45) is 5.41 Å². The Morgan fingerprint density at radius 1 is 1.26 bits per heavy atom. The Morgan fingerprint density at radius 2 is 1.96 bits per heavy atom. The van der Waals surface area contributed by atoms with Gasteiger partial charge in [-0.25, -0.2) is 0 Å². The van der Waals surface area contributed by atoms with Gasteiger partial charge in [-0.2, -0.15) is 5.10 Å². The number of β-amino-alcohol motifs (C(OH)–C–C–N with tert-alkyl or cyclic N) is 1. The third-order valence-corrected chi connectivity index (χ3v) is 4.49. The molecule has 0 aliphatic carbocycles. The second kappa shape index (κ2) is 7.93. The Kier molecular flexibility index (Phi) is 6.18. The lowest BCUT2D eigenvalue weighted by Crippen LogP contribution is -2.51. The standard InChI is InChI=1S/C17H30N4O2/c1-17(2,3)15(22)14-19-10-12-20(13-11-19)16(23)6-4-8-21-9-5-7-18-21/h5,7,9,15,22H,4,6,8,10-14H2,1-3H3. The molecule has 2 rings (SSSR count). The van der Waals surface area contributed by atoms with E-state index >= 15 is 0 Å². The number of piperazine rings is 1. The zero-order valence-corrected chi connectivity index (χ0v) is 14.6. The molecule has 6 heteroatoms. The number of amides is 1. The number of carbonyl (C=O) groups is 1. The molecule has 1 aliphatic heterocycles. The molecular weight excluding hydrogens is 292 g/mol. The van der Waals surface area contributed by atoms with Gasteiger partial charge in [-0.3, -0.25) is 14.4 Å². The summed E-state index contributed by atoms with van der Waals surface area (Å²) in [5, 5.41) is 14.3. The maximum atomic E-state index is 12.2. The average Bonchev–Trinajstić information content (AvgIpc) is 3.00. The highest BCUT2D eigenvalue weighted by Crippen LogP contribution is 2.20. The van der Waals surface area contributed by atoms with Crippen LogP contribution in [0.1, 0.15) is 33.6 Å². The van der Waals surface area contributed by atoms with Gasteiger partial charge in [0, 0.05) is 58.1 Å². The van der Waals surface area contributed by atoms with Crippen molar-refractivity contribution in [3.8, 4) is 0 Å². The Hall–Kier alpha value is -1.40. The van der Waals surface area contributed by atoms with Crippen molar-refractivity contribution >= 4 is 5.91 Å². The molecule has 0 bridgehead atoms. The number of aliphatic hydroxyl groups excluding tert-OH is 1. The molecule has 0 spiro atoms. The number of aliphatic hydroxyl groups is 1. The van der Waals surface area contributed by atoms with Crippen LogP contribution in [0.3, 0.4) is 0 Å². The topological polar surface area (TPSA) is 61.6 Å². The molecular formula is C17H30N4O2. The van der Waals surface area contributed by atoms with Crippen molar-refractivity contribution in [1.82, 2.24) is 19.6 Å². The lowest BCUT2D eigenvalue weighted by atomic mass is 9.89.